The Morgan fingerprint density at radius 3 is 2.46 bits per heavy atom. The predicted molar refractivity (Wildman–Crippen MR) is 94.7 cm³/mol. The second kappa shape index (κ2) is 7.29. The van der Waals surface area contributed by atoms with Crippen LogP contribution < -0.4 is 10.6 Å². The van der Waals surface area contributed by atoms with Gasteiger partial charge in [-0.1, -0.05) is 30.3 Å². The maximum Gasteiger partial charge on any atom is 0.327 e. The molecule has 0 bridgehead atoms. The first-order chi connectivity index (χ1) is 13.2. The van der Waals surface area contributed by atoms with E-state index >= 15 is 0 Å². The van der Waals surface area contributed by atoms with Crippen molar-refractivity contribution in [1.29, 1.82) is 0 Å². The van der Waals surface area contributed by atoms with Crippen molar-refractivity contribution in [2.24, 2.45) is 0 Å². The van der Waals surface area contributed by atoms with Crippen LogP contribution in [0.5, 0.6) is 0 Å². The number of rotatable bonds is 5. The van der Waals surface area contributed by atoms with Gasteiger partial charge < -0.3 is 15.4 Å². The standard InChI is InChI=1S/C18H20N4O6/c1-11(14(24)21-9-8-19-16(21)26)28-13(23)10-22-15(25)18(2,20-17(22)27)12-6-4-3-5-7-12/h3-7,11H,8-10H2,1-2H3,(H,19,26)(H,20,27)/t11-,18+/m0/s1. The number of amides is 6. The maximum absolute atomic E-state index is 12.8. The van der Waals surface area contributed by atoms with Crippen LogP contribution in [0.4, 0.5) is 9.59 Å². The molecule has 3 rings (SSSR count). The number of nitrogens with zero attached hydrogens (tertiary/aromatic N) is 2. The lowest BCUT2D eigenvalue weighted by molar-refractivity contribution is -0.159. The summed E-state index contributed by atoms with van der Waals surface area (Å²) in [6, 6.07) is 7.36. The fourth-order valence-electron chi connectivity index (χ4n) is 3.12. The van der Waals surface area contributed by atoms with Gasteiger partial charge in [0.25, 0.3) is 11.8 Å². The van der Waals surface area contributed by atoms with Gasteiger partial charge in [0.05, 0.1) is 0 Å². The van der Waals surface area contributed by atoms with E-state index in [1.54, 1.807) is 37.3 Å². The van der Waals surface area contributed by atoms with Crippen LogP contribution in [0.3, 0.4) is 0 Å². The molecule has 2 N–H and O–H groups in total. The molecule has 28 heavy (non-hydrogen) atoms. The molecular formula is C18H20N4O6. The first kappa shape index (κ1) is 19.3. The topological polar surface area (TPSA) is 125 Å². The Hall–Kier alpha value is -3.43. The highest BCUT2D eigenvalue weighted by Crippen LogP contribution is 2.28. The van der Waals surface area contributed by atoms with Crippen molar-refractivity contribution in [2.45, 2.75) is 25.5 Å². The van der Waals surface area contributed by atoms with E-state index in [9.17, 15) is 24.0 Å². The number of hydrogen-bond donors (Lipinski definition) is 2. The third-order valence-electron chi connectivity index (χ3n) is 4.69. The highest BCUT2D eigenvalue weighted by atomic mass is 16.5. The number of urea groups is 2. The number of carbonyl (C=O) groups excluding carboxylic acids is 5. The van der Waals surface area contributed by atoms with E-state index in [4.69, 9.17) is 4.74 Å². The van der Waals surface area contributed by atoms with E-state index in [0.717, 1.165) is 9.80 Å². The van der Waals surface area contributed by atoms with Gasteiger partial charge in [0.2, 0.25) is 0 Å². The molecule has 10 nitrogen and oxygen atoms in total. The summed E-state index contributed by atoms with van der Waals surface area (Å²) in [6.07, 6.45) is -1.22. The summed E-state index contributed by atoms with van der Waals surface area (Å²) in [5.74, 6) is -2.20. The second-order valence-electron chi connectivity index (χ2n) is 6.67. The van der Waals surface area contributed by atoms with E-state index in [1.165, 1.54) is 6.92 Å². The number of imide groups is 2. The summed E-state index contributed by atoms with van der Waals surface area (Å²) >= 11 is 0. The van der Waals surface area contributed by atoms with Crippen LogP contribution in [0.25, 0.3) is 0 Å². The number of carbonyl (C=O) groups is 5. The Labute approximate surface area is 160 Å². The lowest BCUT2D eigenvalue weighted by Gasteiger charge is -2.22. The number of hydrogen-bond acceptors (Lipinski definition) is 6. The van der Waals surface area contributed by atoms with Gasteiger partial charge in [0, 0.05) is 13.1 Å². The van der Waals surface area contributed by atoms with Gasteiger partial charge in [-0.2, -0.15) is 0 Å². The predicted octanol–water partition coefficient (Wildman–Crippen LogP) is -0.0629. The van der Waals surface area contributed by atoms with E-state index in [0.29, 0.717) is 12.1 Å². The van der Waals surface area contributed by atoms with Gasteiger partial charge >= 0.3 is 18.0 Å². The number of ether oxygens (including phenoxy) is 1. The Morgan fingerprint density at radius 1 is 1.18 bits per heavy atom. The summed E-state index contributed by atoms with van der Waals surface area (Å²) in [5, 5.41) is 5.05. The van der Waals surface area contributed by atoms with Crippen LogP contribution in [0.1, 0.15) is 19.4 Å². The maximum atomic E-state index is 12.8. The van der Waals surface area contributed by atoms with Crippen molar-refractivity contribution >= 4 is 29.8 Å². The molecule has 148 valence electrons. The molecule has 2 saturated heterocycles. The van der Waals surface area contributed by atoms with E-state index < -0.39 is 48.0 Å². The molecule has 0 aliphatic carbocycles. The highest BCUT2D eigenvalue weighted by Gasteiger charge is 2.49. The summed E-state index contributed by atoms with van der Waals surface area (Å²) in [7, 11) is 0. The molecule has 0 radical (unpaired) electrons. The van der Waals surface area contributed by atoms with Crippen LogP contribution in [0.15, 0.2) is 30.3 Å². The zero-order valence-corrected chi connectivity index (χ0v) is 15.4. The molecule has 2 heterocycles. The van der Waals surface area contributed by atoms with Crippen LogP contribution in [-0.2, 0) is 24.7 Å². The van der Waals surface area contributed by atoms with Crippen molar-refractivity contribution in [3.05, 3.63) is 35.9 Å². The number of nitrogens with one attached hydrogen (secondary N) is 2. The number of benzene rings is 1. The summed E-state index contributed by atoms with van der Waals surface area (Å²) in [5.41, 5.74) is -0.721. The smallest absolute Gasteiger partial charge is 0.327 e. The number of esters is 1. The molecule has 0 saturated carbocycles. The monoisotopic (exact) mass is 388 g/mol. The van der Waals surface area contributed by atoms with Crippen LogP contribution >= 0.6 is 0 Å². The zero-order valence-electron chi connectivity index (χ0n) is 15.4. The van der Waals surface area contributed by atoms with Gasteiger partial charge in [-0.25, -0.2) is 9.59 Å². The van der Waals surface area contributed by atoms with Gasteiger partial charge in [0.15, 0.2) is 6.10 Å². The van der Waals surface area contributed by atoms with Crippen molar-refractivity contribution in [2.75, 3.05) is 19.6 Å². The third-order valence-corrected chi connectivity index (χ3v) is 4.69. The molecule has 2 fully saturated rings. The van der Waals surface area contributed by atoms with Gasteiger partial charge in [-0.05, 0) is 19.4 Å². The van der Waals surface area contributed by atoms with Crippen LogP contribution in [-0.4, -0.2) is 65.4 Å². The summed E-state index contributed by atoms with van der Waals surface area (Å²) in [6.45, 7) is 2.74. The molecular weight excluding hydrogens is 368 g/mol. The van der Waals surface area contributed by atoms with Crippen molar-refractivity contribution in [1.82, 2.24) is 20.4 Å². The Kier molecular flexibility index (Phi) is 5.04. The third kappa shape index (κ3) is 3.40. The lowest BCUT2D eigenvalue weighted by atomic mass is 9.92. The molecule has 10 heteroatoms. The minimum absolute atomic E-state index is 0.183. The molecule has 0 unspecified atom stereocenters. The highest BCUT2D eigenvalue weighted by molar-refractivity contribution is 6.09. The van der Waals surface area contributed by atoms with Crippen molar-refractivity contribution in [3.63, 3.8) is 0 Å². The lowest BCUT2D eigenvalue weighted by Crippen LogP contribution is -2.44. The van der Waals surface area contributed by atoms with E-state index in [-0.39, 0.29) is 6.54 Å². The van der Waals surface area contributed by atoms with Crippen LogP contribution in [0, 0.1) is 0 Å². The average molecular weight is 388 g/mol. The fourth-order valence-corrected chi connectivity index (χ4v) is 3.12. The molecule has 2 aliphatic heterocycles. The summed E-state index contributed by atoms with van der Waals surface area (Å²) in [4.78, 5) is 62.6. The first-order valence-corrected chi connectivity index (χ1v) is 8.72. The molecule has 2 aliphatic rings. The van der Waals surface area contributed by atoms with Gasteiger partial charge in [0.1, 0.15) is 12.1 Å². The minimum atomic E-state index is -1.30. The van der Waals surface area contributed by atoms with E-state index in [2.05, 4.69) is 10.6 Å². The molecule has 2 atom stereocenters. The van der Waals surface area contributed by atoms with Crippen molar-refractivity contribution in [3.8, 4) is 0 Å². The zero-order chi connectivity index (χ0) is 20.5. The van der Waals surface area contributed by atoms with Crippen molar-refractivity contribution < 1.29 is 28.7 Å². The Morgan fingerprint density at radius 2 is 1.86 bits per heavy atom. The molecule has 1 aromatic rings. The van der Waals surface area contributed by atoms with Gasteiger partial charge in [-0.15, -0.1) is 0 Å². The molecule has 1 aromatic carbocycles. The minimum Gasteiger partial charge on any atom is -0.451 e. The quantitative estimate of drug-likeness (QED) is 0.538. The van der Waals surface area contributed by atoms with E-state index in [1.807, 2.05) is 0 Å². The fraction of sp³-hybridized carbons (Fsp3) is 0.389. The average Bonchev–Trinajstić information content (AvgIpc) is 3.19. The second-order valence-corrected chi connectivity index (χ2v) is 6.67. The molecule has 0 aromatic heterocycles. The van der Waals surface area contributed by atoms with Crippen LogP contribution in [0.2, 0.25) is 0 Å². The normalized spacial score (nSPS) is 22.7. The SMILES string of the molecule is C[C@H](OC(=O)CN1C(=O)N[C@](C)(c2ccccc2)C1=O)C(=O)N1CCNC1=O. The molecule has 0 spiro atoms. The first-order valence-electron chi connectivity index (χ1n) is 8.72. The molecule has 6 amide bonds. The van der Waals surface area contributed by atoms with Gasteiger partial charge in [-0.3, -0.25) is 24.2 Å². The Bertz CT molecular complexity index is 842. The Balaban J connectivity index is 1.64. The summed E-state index contributed by atoms with van der Waals surface area (Å²) < 4.78 is 5.02. The largest absolute Gasteiger partial charge is 0.451 e.